The van der Waals surface area contributed by atoms with E-state index in [-0.39, 0.29) is 56.9 Å². The molecule has 2 fully saturated rings. The highest BCUT2D eigenvalue weighted by Crippen LogP contribution is 2.72. The van der Waals surface area contributed by atoms with E-state index in [1.165, 1.54) is 12.7 Å². The first kappa shape index (κ1) is 28.0. The van der Waals surface area contributed by atoms with Crippen LogP contribution in [0.5, 0.6) is 0 Å². The number of halogens is 1. The molecule has 2 saturated carbocycles. The molecule has 0 saturated heterocycles. The average molecular weight is 609 g/mol. The number of carbonyl (C=O) groups excluding carboxylic acids is 3. The van der Waals surface area contributed by atoms with Gasteiger partial charge in [-0.15, -0.1) is 0 Å². The first-order valence-corrected chi connectivity index (χ1v) is 14.9. The Balaban J connectivity index is 1.68. The third kappa shape index (κ3) is 3.91. The molecule has 0 aliphatic heterocycles. The van der Waals surface area contributed by atoms with Crippen LogP contribution in [-0.4, -0.2) is 24.6 Å². The predicted octanol–water partition coefficient (Wildman–Crippen LogP) is 7.64. The second-order valence-electron chi connectivity index (χ2n) is 13.9. The number of Topliss-reactive ketones (excluding diaryl/α,β-unsaturated/α-hetero) is 1. The van der Waals surface area contributed by atoms with Crippen LogP contribution in [0.4, 0.5) is 0 Å². The van der Waals surface area contributed by atoms with Crippen molar-refractivity contribution in [2.75, 3.05) is 7.11 Å². The van der Waals surface area contributed by atoms with Gasteiger partial charge in [-0.1, -0.05) is 60.1 Å². The van der Waals surface area contributed by atoms with Crippen LogP contribution in [0.1, 0.15) is 99.8 Å². The third-order valence-electron chi connectivity index (χ3n) is 11.6. The van der Waals surface area contributed by atoms with Crippen LogP contribution < -0.4 is 0 Å². The van der Waals surface area contributed by atoms with Crippen LogP contribution in [0.15, 0.2) is 21.3 Å². The van der Waals surface area contributed by atoms with Gasteiger partial charge in [0, 0.05) is 16.7 Å². The normalized spacial score (nSPS) is 42.4. The van der Waals surface area contributed by atoms with Crippen LogP contribution in [0.2, 0.25) is 0 Å². The van der Waals surface area contributed by atoms with Gasteiger partial charge < -0.3 is 4.74 Å². The topological polar surface area (TPSA) is 60.4 Å². The van der Waals surface area contributed by atoms with E-state index in [0.717, 1.165) is 54.9 Å². The quantitative estimate of drug-likeness (QED) is 0.238. The summed E-state index contributed by atoms with van der Waals surface area (Å²) in [4.78, 5) is 39.4. The molecule has 4 unspecified atom stereocenters. The number of allylic oxidation sites excluding steroid dienone is 4. The molecule has 0 amide bonds. The van der Waals surface area contributed by atoms with E-state index >= 15 is 0 Å². The molecule has 7 atom stereocenters. The molecule has 0 aromatic rings. The Hall–Kier alpha value is -0.980. The number of fused-ring (bicyclic) bond motifs is 5. The summed E-state index contributed by atoms with van der Waals surface area (Å²) >= 11 is 2.20. The van der Waals surface area contributed by atoms with Crippen molar-refractivity contribution >= 4 is 40.1 Å². The molecule has 200 valence electrons. The van der Waals surface area contributed by atoms with Gasteiger partial charge in [-0.2, -0.15) is 0 Å². The molecule has 0 spiro atoms. The summed E-state index contributed by atoms with van der Waals surface area (Å²) < 4.78 is 5.82. The maximum absolute atomic E-state index is 14.1. The Kier molecular flexibility index (Phi) is 7.05. The number of carbonyl (C=O) groups is 3. The van der Waals surface area contributed by atoms with Crippen molar-refractivity contribution in [1.82, 2.24) is 0 Å². The van der Waals surface area contributed by atoms with Gasteiger partial charge in [0.2, 0.25) is 0 Å². The molecule has 0 heterocycles. The van der Waals surface area contributed by atoms with Crippen molar-refractivity contribution in [3.05, 3.63) is 21.3 Å². The largest absolute Gasteiger partial charge is 0.469 e. The zero-order valence-corrected chi connectivity index (χ0v) is 25.7. The Morgan fingerprint density at radius 3 is 2.39 bits per heavy atom. The first-order chi connectivity index (χ1) is 16.6. The van der Waals surface area contributed by atoms with E-state index in [4.69, 9.17) is 4.74 Å². The molecule has 0 N–H and O–H groups in total. The van der Waals surface area contributed by atoms with Crippen molar-refractivity contribution in [2.24, 2.45) is 44.8 Å². The summed E-state index contributed by atoms with van der Waals surface area (Å²) in [5.41, 5.74) is 0.467. The maximum Gasteiger partial charge on any atom is 0.308 e. The summed E-state index contributed by atoms with van der Waals surface area (Å²) in [5, 5.41) is 0. The van der Waals surface area contributed by atoms with Gasteiger partial charge in [-0.05, 0) is 102 Å². The molecule has 0 aromatic carbocycles. The summed E-state index contributed by atoms with van der Waals surface area (Å²) in [6, 6.07) is 0. The smallest absolute Gasteiger partial charge is 0.308 e. The molecule has 0 radical (unpaired) electrons. The van der Waals surface area contributed by atoms with Gasteiger partial charge in [0.15, 0.2) is 11.6 Å². The van der Waals surface area contributed by atoms with E-state index in [1.54, 1.807) is 0 Å². The Morgan fingerprint density at radius 1 is 1.11 bits per heavy atom. The molecular formula is C31H45IO4. The van der Waals surface area contributed by atoms with Crippen molar-refractivity contribution in [1.29, 1.82) is 0 Å². The van der Waals surface area contributed by atoms with E-state index < -0.39 is 5.41 Å². The first-order valence-electron chi connectivity index (χ1n) is 13.9. The van der Waals surface area contributed by atoms with Gasteiger partial charge in [0.05, 0.1) is 16.6 Å². The molecule has 4 aliphatic rings. The summed E-state index contributed by atoms with van der Waals surface area (Å²) in [6.45, 7) is 15.6. The lowest BCUT2D eigenvalue weighted by atomic mass is 9.36. The maximum atomic E-state index is 14.1. The summed E-state index contributed by atoms with van der Waals surface area (Å²) in [5.74, 6) is 0.396. The standard InChI is InChI=1S/C31H45IO4/c1-9-19(26(35)36-8)10-12-28(4)14-15-30(6)20(17-28)16-22(33)24-29(5)18-21(32)25(34)27(2,3)23(29)11-13-31(24,30)7/h16,18-19,23-24H,9-15,17H2,1-8H3/t19?,23-,24+,28?,29?,30+,31?/m0/s1. The van der Waals surface area contributed by atoms with E-state index in [1.807, 2.05) is 6.08 Å². The predicted molar refractivity (Wildman–Crippen MR) is 152 cm³/mol. The molecule has 5 heteroatoms. The molecule has 36 heavy (non-hydrogen) atoms. The lowest BCUT2D eigenvalue weighted by Crippen LogP contribution is -2.64. The minimum atomic E-state index is -0.451. The highest BCUT2D eigenvalue weighted by Gasteiger charge is 2.68. The van der Waals surface area contributed by atoms with Crippen molar-refractivity contribution < 1.29 is 19.1 Å². The average Bonchev–Trinajstić information content (AvgIpc) is 2.79. The van der Waals surface area contributed by atoms with Gasteiger partial charge >= 0.3 is 5.97 Å². The monoisotopic (exact) mass is 608 g/mol. The van der Waals surface area contributed by atoms with Crippen LogP contribution in [0.3, 0.4) is 0 Å². The zero-order valence-electron chi connectivity index (χ0n) is 23.6. The second kappa shape index (κ2) is 9.05. The van der Waals surface area contributed by atoms with Crippen LogP contribution in [-0.2, 0) is 19.1 Å². The number of hydrogen-bond acceptors (Lipinski definition) is 4. The molecule has 0 bridgehead atoms. The molecule has 4 rings (SSSR count). The SMILES string of the molecule is CCC(CCC1(C)CC[C@]2(C)C(=CC(=O)[C@@H]3C4(C)C=C(I)C(=O)C(C)(C)[C@@H]4CCC32C)C1)C(=O)OC. The molecule has 0 aromatic heterocycles. The lowest BCUT2D eigenvalue weighted by Gasteiger charge is -2.67. The lowest BCUT2D eigenvalue weighted by molar-refractivity contribution is -0.165. The number of esters is 1. The van der Waals surface area contributed by atoms with E-state index in [2.05, 4.69) is 77.1 Å². The summed E-state index contributed by atoms with van der Waals surface area (Å²) in [7, 11) is 1.48. The fraction of sp³-hybridized carbons (Fsp3) is 0.774. The Labute approximate surface area is 231 Å². The van der Waals surface area contributed by atoms with Gasteiger partial charge in [-0.25, -0.2) is 0 Å². The number of hydrogen-bond donors (Lipinski definition) is 0. The van der Waals surface area contributed by atoms with Crippen molar-refractivity contribution in [3.63, 3.8) is 0 Å². The fourth-order valence-corrected chi connectivity index (χ4v) is 10.5. The second-order valence-corrected chi connectivity index (χ2v) is 15.1. The summed E-state index contributed by atoms with van der Waals surface area (Å²) in [6.07, 6.45) is 11.8. The van der Waals surface area contributed by atoms with E-state index in [0.29, 0.717) is 0 Å². The minimum Gasteiger partial charge on any atom is -0.469 e. The number of ketones is 2. The third-order valence-corrected chi connectivity index (χ3v) is 12.4. The Morgan fingerprint density at radius 2 is 1.78 bits per heavy atom. The van der Waals surface area contributed by atoms with Gasteiger partial charge in [0.1, 0.15) is 0 Å². The zero-order chi connectivity index (χ0) is 26.9. The van der Waals surface area contributed by atoms with Gasteiger partial charge in [-0.3, -0.25) is 14.4 Å². The molecular weight excluding hydrogens is 563 g/mol. The number of rotatable bonds is 5. The van der Waals surface area contributed by atoms with Crippen molar-refractivity contribution in [3.8, 4) is 0 Å². The van der Waals surface area contributed by atoms with E-state index in [9.17, 15) is 14.4 Å². The number of methoxy groups -OCH3 is 1. The van der Waals surface area contributed by atoms with Crippen molar-refractivity contribution in [2.45, 2.75) is 99.8 Å². The Bertz CT molecular complexity index is 1040. The highest BCUT2D eigenvalue weighted by molar-refractivity contribution is 14.1. The molecule has 4 aliphatic carbocycles. The minimum absolute atomic E-state index is 0.0313. The molecule has 4 nitrogen and oxygen atoms in total. The van der Waals surface area contributed by atoms with Gasteiger partial charge in [0.25, 0.3) is 0 Å². The highest BCUT2D eigenvalue weighted by atomic mass is 127. The van der Waals surface area contributed by atoms with Crippen LogP contribution in [0.25, 0.3) is 0 Å². The van der Waals surface area contributed by atoms with Crippen LogP contribution in [0, 0.1) is 44.8 Å². The number of ether oxygens (including phenoxy) is 1. The fourth-order valence-electron chi connectivity index (χ4n) is 9.09. The van der Waals surface area contributed by atoms with Crippen LogP contribution >= 0.6 is 22.6 Å².